The highest BCUT2D eigenvalue weighted by atomic mass is 33.1. The summed E-state index contributed by atoms with van der Waals surface area (Å²) in [6.45, 7) is 3.96. The van der Waals surface area contributed by atoms with Crippen molar-refractivity contribution in [1.82, 2.24) is 21.3 Å². The molecule has 0 aliphatic carbocycles. The number of nitrogens with zero attached hydrogens (tertiary/aromatic N) is 3. The average molecular weight is 608 g/mol. The van der Waals surface area contributed by atoms with E-state index in [1.54, 1.807) is 21.6 Å². The van der Waals surface area contributed by atoms with E-state index in [1.807, 2.05) is 11.8 Å². The first-order valence-electron chi connectivity index (χ1n) is 13.3. The lowest BCUT2D eigenvalue weighted by atomic mass is 10.0. The average Bonchev–Trinajstić information content (AvgIpc) is 3.47. The third-order valence-electron chi connectivity index (χ3n) is 5.80. The van der Waals surface area contributed by atoms with E-state index in [1.165, 1.54) is 0 Å². The van der Waals surface area contributed by atoms with E-state index in [2.05, 4.69) is 31.3 Å². The van der Waals surface area contributed by atoms with Crippen LogP contribution in [0.15, 0.2) is 5.11 Å². The summed E-state index contributed by atoms with van der Waals surface area (Å²) in [5.41, 5.74) is 8.13. The number of fused-ring (bicyclic) bond motifs is 1. The number of amides is 4. The van der Waals surface area contributed by atoms with Gasteiger partial charge in [0.1, 0.15) is 0 Å². The third kappa shape index (κ3) is 16.3. The highest BCUT2D eigenvalue weighted by molar-refractivity contribution is 8.76. The number of nitrogens with one attached hydrogen (secondary N) is 4. The van der Waals surface area contributed by atoms with Gasteiger partial charge in [0.2, 0.25) is 11.8 Å². The van der Waals surface area contributed by atoms with Gasteiger partial charge >= 0.3 is 6.03 Å². The molecule has 13 nitrogen and oxygen atoms in total. The minimum atomic E-state index is -0.0605. The van der Waals surface area contributed by atoms with E-state index in [-0.39, 0.29) is 29.9 Å². The second-order valence-corrected chi connectivity index (χ2v) is 12.7. The van der Waals surface area contributed by atoms with Crippen molar-refractivity contribution in [3.8, 4) is 0 Å². The zero-order chi connectivity index (χ0) is 28.0. The summed E-state index contributed by atoms with van der Waals surface area (Å²) in [5.74, 6) is 2.54. The topological polar surface area (TPSA) is 176 Å². The highest BCUT2D eigenvalue weighted by Crippen LogP contribution is 2.33. The summed E-state index contributed by atoms with van der Waals surface area (Å²) in [5, 5.41) is 15.5. The van der Waals surface area contributed by atoms with E-state index in [0.717, 1.165) is 30.8 Å². The smallest absolute Gasteiger partial charge is 0.315 e. The molecule has 39 heavy (non-hydrogen) atoms. The van der Waals surface area contributed by atoms with Crippen LogP contribution < -0.4 is 21.3 Å². The van der Waals surface area contributed by atoms with Crippen molar-refractivity contribution >= 4 is 51.2 Å². The molecule has 0 aromatic heterocycles. The van der Waals surface area contributed by atoms with E-state index in [9.17, 15) is 14.4 Å². The Bertz CT molecular complexity index is 778. The molecule has 0 unspecified atom stereocenters. The molecular weight excluding hydrogens is 566 g/mol. The second-order valence-electron chi connectivity index (χ2n) is 8.75. The summed E-state index contributed by atoms with van der Waals surface area (Å²) < 4.78 is 16.0. The predicted molar refractivity (Wildman–Crippen MR) is 156 cm³/mol. The van der Waals surface area contributed by atoms with Gasteiger partial charge in [0.15, 0.2) is 0 Å². The van der Waals surface area contributed by atoms with Crippen LogP contribution in [0.2, 0.25) is 0 Å². The van der Waals surface area contributed by atoms with E-state index >= 15 is 0 Å². The summed E-state index contributed by atoms with van der Waals surface area (Å²) in [7, 11) is 3.28. The molecule has 3 atom stereocenters. The van der Waals surface area contributed by atoms with Crippen molar-refractivity contribution in [3.05, 3.63) is 10.4 Å². The van der Waals surface area contributed by atoms with Gasteiger partial charge in [0.25, 0.3) is 0 Å². The molecule has 0 saturated carbocycles. The molecule has 0 aromatic rings. The number of carbonyl (C=O) groups is 3. The van der Waals surface area contributed by atoms with Crippen molar-refractivity contribution in [3.63, 3.8) is 0 Å². The number of hydrogen-bond acceptors (Lipinski definition) is 10. The molecule has 2 saturated heterocycles. The number of urea groups is 1. The quantitative estimate of drug-likeness (QED) is 0.0320. The number of ether oxygens (including phenoxy) is 3. The Morgan fingerprint density at radius 3 is 2.44 bits per heavy atom. The first-order chi connectivity index (χ1) is 19.1. The second kappa shape index (κ2) is 22.2. The lowest BCUT2D eigenvalue weighted by molar-refractivity contribution is -0.121. The molecular formula is C23H41N7O6S3. The minimum Gasteiger partial charge on any atom is -0.379 e. The largest absolute Gasteiger partial charge is 0.379 e. The van der Waals surface area contributed by atoms with E-state index in [4.69, 9.17) is 19.7 Å². The third-order valence-corrected chi connectivity index (χ3v) is 9.71. The lowest BCUT2D eigenvalue weighted by Crippen LogP contribution is -2.36. The Labute approximate surface area is 242 Å². The van der Waals surface area contributed by atoms with Gasteiger partial charge in [-0.05, 0) is 18.4 Å². The van der Waals surface area contributed by atoms with Gasteiger partial charge in [-0.25, -0.2) is 4.79 Å². The van der Waals surface area contributed by atoms with Crippen molar-refractivity contribution in [2.45, 2.75) is 49.4 Å². The first kappa shape index (κ1) is 33.7. The first-order valence-corrected chi connectivity index (χ1v) is 16.8. The molecule has 0 radical (unpaired) electrons. The number of carbonyl (C=O) groups excluding carboxylic acids is 3. The predicted octanol–water partition coefficient (Wildman–Crippen LogP) is 2.08. The zero-order valence-electron chi connectivity index (χ0n) is 22.3. The molecule has 4 N–H and O–H groups in total. The molecule has 4 amide bonds. The van der Waals surface area contributed by atoms with E-state index < -0.39 is 0 Å². The van der Waals surface area contributed by atoms with Gasteiger partial charge < -0.3 is 35.5 Å². The van der Waals surface area contributed by atoms with Gasteiger partial charge in [-0.15, -0.1) is 0 Å². The van der Waals surface area contributed by atoms with Gasteiger partial charge in [-0.3, -0.25) is 9.59 Å². The fourth-order valence-corrected chi connectivity index (χ4v) is 7.33. The fraction of sp³-hybridized carbons (Fsp3) is 0.870. The Morgan fingerprint density at radius 1 is 0.949 bits per heavy atom. The molecule has 2 fully saturated rings. The standard InChI is InChI=1S/C23H41N7O6S3/c24-30-27-7-10-35-12-14-36-13-11-34-9-6-25-21(32)5-15-38-39-16-8-26-20(31)4-2-1-3-19-22-18(17-37-19)28-23(33)29-22/h18-19,22H,1-17H2,(H,25,32)(H,26,31)(H2,28,29,33)/t18-,19-,22-/m0/s1. The van der Waals surface area contributed by atoms with Crippen LogP contribution in [0.25, 0.3) is 10.4 Å². The normalized spacial score (nSPS) is 19.6. The molecule has 2 rings (SSSR count). The molecule has 0 bridgehead atoms. The van der Waals surface area contributed by atoms with Gasteiger partial charge in [-0.1, -0.05) is 33.1 Å². The SMILES string of the molecule is [N-]=[N+]=NCCOCCOCCOCCNC(=O)CCSSCCNC(=O)CCCC[C@@H]1SC[C@@H]2NC(=O)N[C@@H]21. The van der Waals surface area contributed by atoms with Crippen LogP contribution >= 0.6 is 33.3 Å². The van der Waals surface area contributed by atoms with Crippen LogP contribution in [0.3, 0.4) is 0 Å². The van der Waals surface area contributed by atoms with Crippen LogP contribution in [0, 0.1) is 0 Å². The number of unbranched alkanes of at least 4 members (excludes halogenated alkanes) is 1. The van der Waals surface area contributed by atoms with Gasteiger partial charge in [-0.2, -0.15) is 11.8 Å². The number of thioether (sulfide) groups is 1. The molecule has 2 aliphatic rings. The summed E-state index contributed by atoms with van der Waals surface area (Å²) in [6, 6.07) is 0.414. The zero-order valence-corrected chi connectivity index (χ0v) is 24.7. The van der Waals surface area contributed by atoms with E-state index in [0.29, 0.717) is 83.1 Å². The van der Waals surface area contributed by atoms with Gasteiger partial charge in [0, 0.05) is 59.9 Å². The van der Waals surface area contributed by atoms with Crippen molar-refractivity contribution < 1.29 is 28.6 Å². The Hall–Kier alpha value is -1.55. The summed E-state index contributed by atoms with van der Waals surface area (Å²) in [6.07, 6.45) is 3.82. The van der Waals surface area contributed by atoms with Crippen molar-refractivity contribution in [1.29, 1.82) is 0 Å². The monoisotopic (exact) mass is 607 g/mol. The van der Waals surface area contributed by atoms with Crippen molar-refractivity contribution in [2.24, 2.45) is 5.11 Å². The fourth-order valence-electron chi connectivity index (χ4n) is 3.89. The highest BCUT2D eigenvalue weighted by Gasteiger charge is 2.42. The molecule has 16 heteroatoms. The van der Waals surface area contributed by atoms with Gasteiger partial charge in [0.05, 0.1) is 51.7 Å². The maximum atomic E-state index is 12.0. The number of rotatable bonds is 24. The van der Waals surface area contributed by atoms with Crippen LogP contribution in [-0.2, 0) is 23.8 Å². The maximum absolute atomic E-state index is 12.0. The van der Waals surface area contributed by atoms with Crippen LogP contribution in [0.4, 0.5) is 4.79 Å². The summed E-state index contributed by atoms with van der Waals surface area (Å²) >= 11 is 1.90. The molecule has 222 valence electrons. The summed E-state index contributed by atoms with van der Waals surface area (Å²) in [4.78, 5) is 38.0. The maximum Gasteiger partial charge on any atom is 0.315 e. The van der Waals surface area contributed by atoms with Crippen LogP contribution in [0.5, 0.6) is 0 Å². The molecule has 0 aromatic carbocycles. The number of hydrogen-bond donors (Lipinski definition) is 4. The minimum absolute atomic E-state index is 0.00719. The molecule has 2 aliphatic heterocycles. The van der Waals surface area contributed by atoms with Crippen LogP contribution in [-0.4, -0.2) is 112 Å². The van der Waals surface area contributed by atoms with Crippen molar-refractivity contribution in [2.75, 3.05) is 76.5 Å². The van der Waals surface area contributed by atoms with Crippen LogP contribution in [0.1, 0.15) is 32.1 Å². The Balaban J connectivity index is 1.27. The molecule has 2 heterocycles. The Morgan fingerprint density at radius 2 is 1.64 bits per heavy atom. The lowest BCUT2D eigenvalue weighted by Gasteiger charge is -2.16. The Kier molecular flexibility index (Phi) is 19.1. The number of azide groups is 1. The molecule has 0 spiro atoms.